The Morgan fingerprint density at radius 2 is 2.13 bits per heavy atom. The Morgan fingerprint density at radius 3 is 2.73 bits per heavy atom. The zero-order chi connectivity index (χ0) is 10.8. The molecular formula is C8H9N5S2. The van der Waals surface area contributed by atoms with Crippen LogP contribution in [-0.2, 0) is 0 Å². The maximum absolute atomic E-state index is 5.59. The van der Waals surface area contributed by atoms with Crippen LogP contribution in [0.2, 0.25) is 0 Å². The van der Waals surface area contributed by atoms with Crippen LogP contribution in [0.25, 0.3) is 10.7 Å². The first-order valence-electron chi connectivity index (χ1n) is 4.17. The molecule has 0 aliphatic heterocycles. The summed E-state index contributed by atoms with van der Waals surface area (Å²) in [6.07, 6.45) is 3.65. The molecule has 78 valence electrons. The van der Waals surface area contributed by atoms with Gasteiger partial charge < -0.3 is 5.73 Å². The van der Waals surface area contributed by atoms with Gasteiger partial charge in [0.2, 0.25) is 5.95 Å². The lowest BCUT2D eigenvalue weighted by Gasteiger charge is -1.99. The minimum Gasteiger partial charge on any atom is -0.368 e. The molecule has 0 atom stereocenters. The summed E-state index contributed by atoms with van der Waals surface area (Å²) in [5, 5.41) is 1.61. The van der Waals surface area contributed by atoms with E-state index in [1.54, 1.807) is 17.5 Å². The Bertz CT molecular complexity index is 482. The van der Waals surface area contributed by atoms with E-state index in [-0.39, 0.29) is 5.95 Å². The summed E-state index contributed by atoms with van der Waals surface area (Å²) < 4.78 is 0. The molecular weight excluding hydrogens is 230 g/mol. The van der Waals surface area contributed by atoms with Crippen LogP contribution in [0.5, 0.6) is 0 Å². The van der Waals surface area contributed by atoms with E-state index < -0.39 is 0 Å². The summed E-state index contributed by atoms with van der Waals surface area (Å²) in [4.78, 5) is 17.4. The van der Waals surface area contributed by atoms with Crippen LogP contribution < -0.4 is 5.73 Å². The first-order valence-corrected chi connectivity index (χ1v) is 6.21. The number of thiazole rings is 1. The zero-order valence-corrected chi connectivity index (χ0v) is 9.89. The molecule has 2 aromatic heterocycles. The number of thioether (sulfide) groups is 1. The maximum Gasteiger partial charge on any atom is 0.224 e. The number of rotatable bonds is 2. The molecule has 0 aromatic carbocycles. The summed E-state index contributed by atoms with van der Waals surface area (Å²) in [6.45, 7) is 1.94. The van der Waals surface area contributed by atoms with Crippen LogP contribution in [0.1, 0.15) is 5.01 Å². The minimum absolute atomic E-state index is 0.246. The lowest BCUT2D eigenvalue weighted by molar-refractivity contribution is 0.929. The van der Waals surface area contributed by atoms with Gasteiger partial charge in [-0.1, -0.05) is 11.8 Å². The van der Waals surface area contributed by atoms with Crippen molar-refractivity contribution in [2.24, 2.45) is 0 Å². The Balaban J connectivity index is 2.48. The van der Waals surface area contributed by atoms with Crippen LogP contribution in [0.15, 0.2) is 11.4 Å². The Hall–Kier alpha value is -1.21. The van der Waals surface area contributed by atoms with E-state index in [2.05, 4.69) is 19.9 Å². The highest BCUT2D eigenvalue weighted by Gasteiger charge is 2.08. The average Bonchev–Trinajstić information content (AvgIpc) is 2.64. The SMILES string of the molecule is CSc1nc(N)nc(-c2cnc(C)s2)n1. The van der Waals surface area contributed by atoms with Gasteiger partial charge in [-0.25, -0.2) is 9.97 Å². The fourth-order valence-corrected chi connectivity index (χ4v) is 2.11. The molecule has 2 aromatic rings. The van der Waals surface area contributed by atoms with Gasteiger partial charge in [-0.05, 0) is 13.2 Å². The van der Waals surface area contributed by atoms with Gasteiger partial charge in [-0.3, -0.25) is 0 Å². The van der Waals surface area contributed by atoms with Gasteiger partial charge >= 0.3 is 0 Å². The van der Waals surface area contributed by atoms with Crippen molar-refractivity contribution in [3.05, 3.63) is 11.2 Å². The number of anilines is 1. The molecule has 2 N–H and O–H groups in total. The highest BCUT2D eigenvalue weighted by Crippen LogP contribution is 2.24. The lowest BCUT2D eigenvalue weighted by atomic mass is 10.5. The second-order valence-electron chi connectivity index (χ2n) is 2.75. The Labute approximate surface area is 95.2 Å². The standard InChI is InChI=1S/C8H9N5S2/c1-4-10-3-5(15-4)6-11-7(9)13-8(12-6)14-2/h3H,1-2H3,(H2,9,11,12,13). The van der Waals surface area contributed by atoms with Crippen LogP contribution in [0.3, 0.4) is 0 Å². The molecule has 0 unspecified atom stereocenters. The fourth-order valence-electron chi connectivity index (χ4n) is 1.04. The van der Waals surface area contributed by atoms with Crippen molar-refractivity contribution in [1.29, 1.82) is 0 Å². The third-order valence-corrected chi connectivity index (χ3v) is 3.11. The van der Waals surface area contributed by atoms with E-state index in [0.717, 1.165) is 9.88 Å². The van der Waals surface area contributed by atoms with Crippen LogP contribution in [0, 0.1) is 6.92 Å². The zero-order valence-electron chi connectivity index (χ0n) is 8.26. The Morgan fingerprint density at radius 1 is 1.33 bits per heavy atom. The van der Waals surface area contributed by atoms with Crippen LogP contribution in [-0.4, -0.2) is 26.2 Å². The summed E-state index contributed by atoms with van der Waals surface area (Å²) in [5.74, 6) is 0.841. The fraction of sp³-hybridized carbons (Fsp3) is 0.250. The molecule has 0 aliphatic carbocycles. The molecule has 5 nitrogen and oxygen atoms in total. The quantitative estimate of drug-likeness (QED) is 0.802. The molecule has 0 amide bonds. The number of aromatic nitrogens is 4. The van der Waals surface area contributed by atoms with Gasteiger partial charge in [-0.15, -0.1) is 11.3 Å². The highest BCUT2D eigenvalue weighted by molar-refractivity contribution is 7.98. The van der Waals surface area contributed by atoms with Gasteiger partial charge in [0.25, 0.3) is 0 Å². The highest BCUT2D eigenvalue weighted by atomic mass is 32.2. The predicted octanol–water partition coefficient (Wildman–Crippen LogP) is 1.61. The van der Waals surface area contributed by atoms with E-state index in [4.69, 9.17) is 5.73 Å². The molecule has 2 rings (SSSR count). The third kappa shape index (κ3) is 2.24. The number of aryl methyl sites for hydroxylation is 1. The second kappa shape index (κ2) is 4.11. The second-order valence-corrected chi connectivity index (χ2v) is 4.76. The number of nitrogens with two attached hydrogens (primary N) is 1. The molecule has 0 radical (unpaired) electrons. The lowest BCUT2D eigenvalue weighted by Crippen LogP contribution is -2.00. The Kier molecular flexibility index (Phi) is 2.83. The molecule has 0 spiro atoms. The van der Waals surface area contributed by atoms with Crippen molar-refractivity contribution < 1.29 is 0 Å². The van der Waals surface area contributed by atoms with Crippen molar-refractivity contribution >= 4 is 29.0 Å². The molecule has 0 bridgehead atoms. The topological polar surface area (TPSA) is 77.6 Å². The van der Waals surface area contributed by atoms with E-state index in [1.807, 2.05) is 13.2 Å². The van der Waals surface area contributed by atoms with Crippen molar-refractivity contribution in [3.63, 3.8) is 0 Å². The predicted molar refractivity (Wildman–Crippen MR) is 61.9 cm³/mol. The molecule has 0 aliphatic rings. The summed E-state index contributed by atoms with van der Waals surface area (Å²) in [7, 11) is 0. The van der Waals surface area contributed by atoms with Gasteiger partial charge in [-0.2, -0.15) is 9.97 Å². The minimum atomic E-state index is 0.246. The average molecular weight is 239 g/mol. The van der Waals surface area contributed by atoms with Crippen molar-refractivity contribution in [2.75, 3.05) is 12.0 Å². The molecule has 15 heavy (non-hydrogen) atoms. The van der Waals surface area contributed by atoms with Crippen molar-refractivity contribution in [3.8, 4) is 10.7 Å². The van der Waals surface area contributed by atoms with E-state index >= 15 is 0 Å². The summed E-state index contributed by atoms with van der Waals surface area (Å²) in [5.41, 5.74) is 5.59. The largest absolute Gasteiger partial charge is 0.368 e. The number of hydrogen-bond donors (Lipinski definition) is 1. The number of hydrogen-bond acceptors (Lipinski definition) is 7. The number of nitrogen functional groups attached to an aromatic ring is 1. The van der Waals surface area contributed by atoms with E-state index in [1.165, 1.54) is 11.8 Å². The summed E-state index contributed by atoms with van der Waals surface area (Å²) >= 11 is 2.98. The van der Waals surface area contributed by atoms with Crippen molar-refractivity contribution in [2.45, 2.75) is 12.1 Å². The molecule has 7 heteroatoms. The van der Waals surface area contributed by atoms with E-state index in [9.17, 15) is 0 Å². The van der Waals surface area contributed by atoms with Crippen molar-refractivity contribution in [1.82, 2.24) is 19.9 Å². The normalized spacial score (nSPS) is 10.5. The van der Waals surface area contributed by atoms with Gasteiger partial charge in [0, 0.05) is 6.20 Å². The molecule has 0 saturated carbocycles. The van der Waals surface area contributed by atoms with Gasteiger partial charge in [0.1, 0.15) is 0 Å². The maximum atomic E-state index is 5.59. The molecule has 0 fully saturated rings. The summed E-state index contributed by atoms with van der Waals surface area (Å²) in [6, 6.07) is 0. The first kappa shape index (κ1) is 10.3. The van der Waals surface area contributed by atoms with E-state index in [0.29, 0.717) is 11.0 Å². The van der Waals surface area contributed by atoms with Crippen LogP contribution >= 0.6 is 23.1 Å². The van der Waals surface area contributed by atoms with Gasteiger partial charge in [0.15, 0.2) is 11.0 Å². The smallest absolute Gasteiger partial charge is 0.224 e. The molecule has 0 saturated heterocycles. The molecule has 2 heterocycles. The van der Waals surface area contributed by atoms with Crippen LogP contribution in [0.4, 0.5) is 5.95 Å². The first-order chi connectivity index (χ1) is 7.19. The monoisotopic (exact) mass is 239 g/mol. The van der Waals surface area contributed by atoms with Gasteiger partial charge in [0.05, 0.1) is 9.88 Å². The number of nitrogens with zero attached hydrogens (tertiary/aromatic N) is 4. The third-order valence-electron chi connectivity index (χ3n) is 1.66.